The molecule has 0 saturated carbocycles. The number of carbonyl (C=O) groups is 2. The number of likely N-dealkylation sites (N-methyl/N-ethyl adjacent to an activating group) is 1. The lowest BCUT2D eigenvalue weighted by Crippen LogP contribution is -2.54. The lowest BCUT2D eigenvalue weighted by Gasteiger charge is -2.42. The first-order valence-corrected chi connectivity index (χ1v) is 11.8. The summed E-state index contributed by atoms with van der Waals surface area (Å²) in [7, 11) is 0. The first kappa shape index (κ1) is 27.2. The van der Waals surface area contributed by atoms with Crippen LogP contribution in [0.15, 0.2) is 0 Å². The Hall–Kier alpha value is -1.42. The minimum absolute atomic E-state index is 0.0428. The van der Waals surface area contributed by atoms with Crippen LogP contribution in [-0.2, 0) is 33.3 Å². The van der Waals surface area contributed by atoms with Gasteiger partial charge in [0.1, 0.15) is 12.2 Å². The fourth-order valence-corrected chi connectivity index (χ4v) is 4.02. The third-order valence-electron chi connectivity index (χ3n) is 5.88. The molecule has 0 radical (unpaired) electrons. The van der Waals surface area contributed by atoms with Crippen molar-refractivity contribution in [3.05, 3.63) is 0 Å². The molecule has 13 heteroatoms. The normalized spacial score (nSPS) is 37.9. The second-order valence-electron chi connectivity index (χ2n) is 8.54. The average molecular weight is 492 g/mol. The number of amides is 2. The smallest absolute Gasteiger partial charge is 0.234 e. The minimum Gasteiger partial charge on any atom is -0.394 e. The molecule has 0 aromatic carbocycles. The Morgan fingerprint density at radius 2 is 1.56 bits per heavy atom. The van der Waals surface area contributed by atoms with E-state index in [1.54, 1.807) is 4.90 Å². The number of carbonyl (C=O) groups excluding carboxylic acids is 2. The Morgan fingerprint density at radius 3 is 2.18 bits per heavy atom. The Labute approximate surface area is 198 Å². The van der Waals surface area contributed by atoms with E-state index in [9.17, 15) is 24.9 Å². The molecule has 0 aromatic heterocycles. The average Bonchev–Trinajstić information content (AvgIpc) is 2.81. The number of nitrogens with one attached hydrogen (secondary N) is 2. The molecule has 2 bridgehead atoms. The van der Waals surface area contributed by atoms with E-state index in [2.05, 4.69) is 10.6 Å². The van der Waals surface area contributed by atoms with Gasteiger partial charge < -0.3 is 49.6 Å². The van der Waals surface area contributed by atoms with Crippen LogP contribution in [0.5, 0.6) is 0 Å². The first-order chi connectivity index (χ1) is 16.4. The molecule has 34 heavy (non-hydrogen) atoms. The second kappa shape index (κ2) is 13.6. The summed E-state index contributed by atoms with van der Waals surface area (Å²) < 4.78 is 28.8. The number of aliphatic hydroxyl groups is 3. The molecule has 196 valence electrons. The Balaban J connectivity index is 1.68. The zero-order valence-electron chi connectivity index (χ0n) is 19.5. The lowest BCUT2D eigenvalue weighted by atomic mass is 10.0. The summed E-state index contributed by atoms with van der Waals surface area (Å²) in [6, 6.07) is 0. The molecule has 3 aliphatic rings. The molecule has 0 aliphatic carbocycles. The van der Waals surface area contributed by atoms with E-state index in [4.69, 9.17) is 23.7 Å². The van der Waals surface area contributed by atoms with E-state index < -0.39 is 43.3 Å². The molecular weight excluding hydrogens is 454 g/mol. The van der Waals surface area contributed by atoms with Gasteiger partial charge in [-0.25, -0.2) is 0 Å². The van der Waals surface area contributed by atoms with Gasteiger partial charge in [0.2, 0.25) is 11.8 Å². The van der Waals surface area contributed by atoms with Crippen molar-refractivity contribution in [3.8, 4) is 0 Å². The SMILES string of the molecule is CCN1CC(=O)NCCOC2O[C@H](CCC2O)O[C@@H]2C(O)CC(CO)OC2OCCNC(=O)C1. The van der Waals surface area contributed by atoms with Gasteiger partial charge in [0, 0.05) is 25.9 Å². The van der Waals surface area contributed by atoms with Crippen LogP contribution in [-0.4, -0.2) is 128 Å². The summed E-state index contributed by atoms with van der Waals surface area (Å²) in [5.74, 6) is -0.513. The third kappa shape index (κ3) is 8.07. The number of ether oxygens (including phenoxy) is 5. The fraction of sp³-hybridized carbons (Fsp3) is 0.905. The van der Waals surface area contributed by atoms with Crippen LogP contribution < -0.4 is 10.6 Å². The zero-order chi connectivity index (χ0) is 24.5. The molecule has 2 amide bonds. The first-order valence-electron chi connectivity index (χ1n) is 11.8. The topological polar surface area (TPSA) is 168 Å². The maximum atomic E-state index is 12.3. The van der Waals surface area contributed by atoms with Gasteiger partial charge in [-0.15, -0.1) is 0 Å². The van der Waals surface area contributed by atoms with Crippen LogP contribution in [0.1, 0.15) is 26.2 Å². The second-order valence-corrected chi connectivity index (χ2v) is 8.54. The number of hydrogen-bond donors (Lipinski definition) is 5. The molecular formula is C21H37N3O10. The molecule has 3 saturated heterocycles. The van der Waals surface area contributed by atoms with Crippen molar-refractivity contribution in [2.45, 2.75) is 69.5 Å². The van der Waals surface area contributed by atoms with Gasteiger partial charge in [-0.05, 0) is 13.0 Å². The van der Waals surface area contributed by atoms with Gasteiger partial charge in [-0.1, -0.05) is 6.92 Å². The van der Waals surface area contributed by atoms with Crippen LogP contribution >= 0.6 is 0 Å². The Kier molecular flexibility index (Phi) is 10.9. The number of rotatable bonds is 2. The maximum absolute atomic E-state index is 12.3. The third-order valence-corrected chi connectivity index (χ3v) is 5.88. The number of aliphatic hydroxyl groups excluding tert-OH is 3. The highest BCUT2D eigenvalue weighted by molar-refractivity contribution is 5.81. The Morgan fingerprint density at radius 1 is 0.912 bits per heavy atom. The van der Waals surface area contributed by atoms with Crippen molar-refractivity contribution in [2.75, 3.05) is 52.5 Å². The van der Waals surface area contributed by atoms with Crippen LogP contribution in [0.2, 0.25) is 0 Å². The van der Waals surface area contributed by atoms with Crippen LogP contribution in [0.25, 0.3) is 0 Å². The predicted octanol–water partition coefficient (Wildman–Crippen LogP) is -2.74. The van der Waals surface area contributed by atoms with E-state index in [1.807, 2.05) is 6.92 Å². The molecule has 3 rings (SSSR count). The van der Waals surface area contributed by atoms with Crippen molar-refractivity contribution < 1.29 is 48.6 Å². The van der Waals surface area contributed by atoms with E-state index in [0.29, 0.717) is 19.4 Å². The molecule has 3 heterocycles. The summed E-state index contributed by atoms with van der Waals surface area (Å²) >= 11 is 0. The number of fused-ring (bicyclic) bond motifs is 3. The van der Waals surface area contributed by atoms with Crippen molar-refractivity contribution in [1.29, 1.82) is 0 Å². The van der Waals surface area contributed by atoms with E-state index in [0.717, 1.165) is 0 Å². The standard InChI is InChI=1S/C21H37N3O10/c1-2-24-10-16(28)22-5-7-30-20-14(26)3-4-18(34-20)33-19-15(27)9-13(12-25)32-21(19)31-8-6-23-17(29)11-24/h13-15,18-21,25-27H,2-12H2,1H3,(H,22,28)(H,23,29)/t13?,14?,15?,18-,19-,20?,21?/m1/s1. The van der Waals surface area contributed by atoms with Gasteiger partial charge in [0.05, 0.1) is 45.1 Å². The van der Waals surface area contributed by atoms with Gasteiger partial charge in [0.25, 0.3) is 0 Å². The highest BCUT2D eigenvalue weighted by atomic mass is 16.8. The molecule has 5 N–H and O–H groups in total. The highest BCUT2D eigenvalue weighted by Gasteiger charge is 2.42. The van der Waals surface area contributed by atoms with Crippen molar-refractivity contribution in [2.24, 2.45) is 0 Å². The van der Waals surface area contributed by atoms with Gasteiger partial charge in [-0.2, -0.15) is 0 Å². The van der Waals surface area contributed by atoms with Crippen LogP contribution in [0.3, 0.4) is 0 Å². The van der Waals surface area contributed by atoms with Gasteiger partial charge in [-0.3, -0.25) is 14.5 Å². The molecule has 13 nitrogen and oxygen atoms in total. The summed E-state index contributed by atoms with van der Waals surface area (Å²) in [6.45, 7) is 2.72. The van der Waals surface area contributed by atoms with E-state index >= 15 is 0 Å². The van der Waals surface area contributed by atoms with Gasteiger partial charge in [0.15, 0.2) is 18.9 Å². The van der Waals surface area contributed by atoms with Crippen LogP contribution in [0.4, 0.5) is 0 Å². The summed E-state index contributed by atoms with van der Waals surface area (Å²) in [5.41, 5.74) is 0. The summed E-state index contributed by atoms with van der Waals surface area (Å²) in [6.07, 6.45) is -5.25. The summed E-state index contributed by atoms with van der Waals surface area (Å²) in [5, 5.41) is 35.8. The molecule has 0 spiro atoms. The zero-order valence-corrected chi connectivity index (χ0v) is 19.5. The minimum atomic E-state index is -0.997. The van der Waals surface area contributed by atoms with E-state index in [1.165, 1.54) is 0 Å². The molecule has 0 aromatic rings. The highest BCUT2D eigenvalue weighted by Crippen LogP contribution is 2.29. The maximum Gasteiger partial charge on any atom is 0.234 e. The van der Waals surface area contributed by atoms with Crippen LogP contribution in [0, 0.1) is 0 Å². The predicted molar refractivity (Wildman–Crippen MR) is 115 cm³/mol. The quantitative estimate of drug-likeness (QED) is 0.272. The molecule has 3 fully saturated rings. The van der Waals surface area contributed by atoms with Crippen molar-refractivity contribution in [3.63, 3.8) is 0 Å². The lowest BCUT2D eigenvalue weighted by molar-refractivity contribution is -0.349. The van der Waals surface area contributed by atoms with Crippen molar-refractivity contribution in [1.82, 2.24) is 15.5 Å². The molecule has 7 atom stereocenters. The van der Waals surface area contributed by atoms with Gasteiger partial charge >= 0.3 is 0 Å². The number of nitrogens with zero attached hydrogens (tertiary/aromatic N) is 1. The summed E-state index contributed by atoms with van der Waals surface area (Å²) in [4.78, 5) is 26.1. The van der Waals surface area contributed by atoms with E-state index in [-0.39, 0.29) is 64.2 Å². The Bertz CT molecular complexity index is 656. The fourth-order valence-electron chi connectivity index (χ4n) is 4.02. The largest absolute Gasteiger partial charge is 0.394 e. The molecule has 5 unspecified atom stereocenters. The monoisotopic (exact) mass is 491 g/mol. The van der Waals surface area contributed by atoms with Crippen molar-refractivity contribution >= 4 is 11.8 Å². The number of hydrogen-bond acceptors (Lipinski definition) is 11. The molecule has 3 aliphatic heterocycles.